The third-order valence-corrected chi connectivity index (χ3v) is 7.97. The van der Waals surface area contributed by atoms with Gasteiger partial charge in [-0.25, -0.2) is 0 Å². The summed E-state index contributed by atoms with van der Waals surface area (Å²) in [5.41, 5.74) is 2.91. The van der Waals surface area contributed by atoms with Crippen LogP contribution in [0.2, 0.25) is 0 Å². The predicted molar refractivity (Wildman–Crippen MR) is 130 cm³/mol. The number of aromatic nitrogens is 3. The highest BCUT2D eigenvalue weighted by Crippen LogP contribution is 2.35. The number of fused-ring (bicyclic) bond motifs is 2. The quantitative estimate of drug-likeness (QED) is 0.657. The van der Waals surface area contributed by atoms with Crippen LogP contribution >= 0.6 is 15.9 Å². The molecule has 2 amide bonds. The SMILES string of the molecule is CC(C)(C)c1cc(Br)ccc1OCC(=O)N1C[C@@H]2CN(C(=O)[C@@H]3CCc4n[nH]nc4C3)C[C@H]2C1. The molecule has 2 saturated heterocycles. The van der Waals surface area contributed by atoms with E-state index >= 15 is 0 Å². The summed E-state index contributed by atoms with van der Waals surface area (Å²) in [6.45, 7) is 9.30. The van der Waals surface area contributed by atoms with Crippen molar-refractivity contribution in [3.63, 3.8) is 0 Å². The first-order chi connectivity index (χ1) is 16.2. The number of nitrogens with one attached hydrogen (secondary N) is 1. The van der Waals surface area contributed by atoms with Gasteiger partial charge in [-0.05, 0) is 36.5 Å². The van der Waals surface area contributed by atoms with Crippen molar-refractivity contribution < 1.29 is 14.3 Å². The number of H-pyrrole nitrogens is 1. The number of carbonyl (C=O) groups excluding carboxylic acids is 2. The summed E-state index contributed by atoms with van der Waals surface area (Å²) < 4.78 is 6.98. The van der Waals surface area contributed by atoms with Gasteiger partial charge in [0, 0.05) is 60.4 Å². The third kappa shape index (κ3) is 4.59. The number of ether oxygens (including phenoxy) is 1. The number of aromatic amines is 1. The topological polar surface area (TPSA) is 91.4 Å². The maximum atomic E-state index is 13.1. The van der Waals surface area contributed by atoms with E-state index in [1.807, 2.05) is 21.9 Å². The van der Waals surface area contributed by atoms with Crippen molar-refractivity contribution in [2.45, 2.75) is 45.4 Å². The van der Waals surface area contributed by atoms with Gasteiger partial charge in [-0.3, -0.25) is 9.59 Å². The lowest BCUT2D eigenvalue weighted by Crippen LogP contribution is -2.40. The average Bonchev–Trinajstić information content (AvgIpc) is 3.51. The predicted octanol–water partition coefficient (Wildman–Crippen LogP) is 2.97. The Kier molecular flexibility index (Phi) is 6.16. The largest absolute Gasteiger partial charge is 0.483 e. The number of amides is 2. The summed E-state index contributed by atoms with van der Waals surface area (Å²) in [6.07, 6.45) is 2.31. The van der Waals surface area contributed by atoms with Crippen LogP contribution < -0.4 is 4.74 Å². The number of hydrogen-bond donors (Lipinski definition) is 1. The molecule has 182 valence electrons. The Bertz CT molecular complexity index is 1080. The average molecular weight is 530 g/mol. The minimum absolute atomic E-state index is 0.00881. The Hall–Kier alpha value is -2.42. The van der Waals surface area contributed by atoms with E-state index in [9.17, 15) is 9.59 Å². The lowest BCUT2D eigenvalue weighted by Gasteiger charge is -2.27. The first-order valence-electron chi connectivity index (χ1n) is 12.1. The van der Waals surface area contributed by atoms with Crippen LogP contribution in [0, 0.1) is 17.8 Å². The number of halogens is 1. The van der Waals surface area contributed by atoms with Crippen LogP contribution in [0.15, 0.2) is 22.7 Å². The van der Waals surface area contributed by atoms with Crippen LogP contribution in [-0.4, -0.2) is 69.8 Å². The van der Waals surface area contributed by atoms with Crippen LogP contribution in [0.3, 0.4) is 0 Å². The first-order valence-corrected chi connectivity index (χ1v) is 12.9. The zero-order valence-corrected chi connectivity index (χ0v) is 21.6. The van der Waals surface area contributed by atoms with E-state index in [4.69, 9.17) is 4.74 Å². The number of hydrogen-bond acceptors (Lipinski definition) is 5. The minimum Gasteiger partial charge on any atom is -0.483 e. The number of likely N-dealkylation sites (tertiary alicyclic amines) is 2. The van der Waals surface area contributed by atoms with Gasteiger partial charge in [0.05, 0.1) is 11.4 Å². The van der Waals surface area contributed by atoms with Gasteiger partial charge >= 0.3 is 0 Å². The number of aryl methyl sites for hydroxylation is 1. The van der Waals surface area contributed by atoms with Crippen molar-refractivity contribution in [3.8, 4) is 5.75 Å². The summed E-state index contributed by atoms with van der Waals surface area (Å²) in [5, 5.41) is 11.0. The van der Waals surface area contributed by atoms with Gasteiger partial charge in [-0.1, -0.05) is 36.7 Å². The highest BCUT2D eigenvalue weighted by Gasteiger charge is 2.44. The Morgan fingerprint density at radius 1 is 1.09 bits per heavy atom. The van der Waals surface area contributed by atoms with E-state index < -0.39 is 0 Å². The Labute approximate surface area is 208 Å². The van der Waals surface area contributed by atoms with E-state index in [1.54, 1.807) is 0 Å². The molecule has 9 heteroatoms. The molecular weight excluding hydrogens is 498 g/mol. The lowest BCUT2D eigenvalue weighted by atomic mass is 9.86. The molecule has 0 bridgehead atoms. The molecule has 3 heterocycles. The molecule has 1 aromatic carbocycles. The van der Waals surface area contributed by atoms with Crippen molar-refractivity contribution in [1.29, 1.82) is 0 Å². The molecule has 3 aliphatic rings. The lowest BCUT2D eigenvalue weighted by molar-refractivity contribution is -0.135. The molecule has 0 radical (unpaired) electrons. The van der Waals surface area contributed by atoms with Gasteiger partial charge in [0.25, 0.3) is 5.91 Å². The van der Waals surface area contributed by atoms with E-state index in [2.05, 4.69) is 58.2 Å². The summed E-state index contributed by atoms with van der Waals surface area (Å²) in [5.74, 6) is 1.68. The molecule has 1 aromatic heterocycles. The molecule has 2 fully saturated rings. The van der Waals surface area contributed by atoms with Gasteiger partial charge < -0.3 is 14.5 Å². The normalized spacial score (nSPS) is 24.2. The standard InChI is InChI=1S/C25H32BrN5O3/c1-25(2,3)19-9-18(26)5-7-22(19)34-14-23(32)30-10-16-12-31(13-17(16)11-30)24(33)15-4-6-20-21(8-15)28-29-27-20/h5,7,9,15-17H,4,6,8,10-14H2,1-3H3,(H,27,28,29)/t15-,16-,17-/m1/s1. The minimum atomic E-state index is -0.0869. The van der Waals surface area contributed by atoms with Crippen LogP contribution in [0.1, 0.15) is 44.1 Å². The molecule has 0 spiro atoms. The molecule has 5 rings (SSSR count). The van der Waals surface area contributed by atoms with Crippen LogP contribution in [0.5, 0.6) is 5.75 Å². The summed E-state index contributed by atoms with van der Waals surface area (Å²) >= 11 is 3.53. The van der Waals surface area contributed by atoms with Crippen LogP contribution in [-0.2, 0) is 27.8 Å². The van der Waals surface area contributed by atoms with Gasteiger partial charge in [0.2, 0.25) is 5.91 Å². The smallest absolute Gasteiger partial charge is 0.260 e. The zero-order valence-electron chi connectivity index (χ0n) is 20.0. The van der Waals surface area contributed by atoms with Gasteiger partial charge in [0.15, 0.2) is 6.61 Å². The molecule has 1 aliphatic carbocycles. The fourth-order valence-electron chi connectivity index (χ4n) is 5.58. The number of rotatable bonds is 4. The second kappa shape index (κ2) is 8.98. The molecule has 8 nitrogen and oxygen atoms in total. The fourth-order valence-corrected chi connectivity index (χ4v) is 5.94. The molecule has 2 aliphatic heterocycles. The molecule has 0 unspecified atom stereocenters. The van der Waals surface area contributed by atoms with Gasteiger partial charge in [-0.2, -0.15) is 15.4 Å². The summed E-state index contributed by atoms with van der Waals surface area (Å²) in [6, 6.07) is 5.92. The van der Waals surface area contributed by atoms with Crippen molar-refractivity contribution in [3.05, 3.63) is 39.6 Å². The first kappa shape index (κ1) is 23.3. The number of nitrogens with zero attached hydrogens (tertiary/aromatic N) is 4. The maximum absolute atomic E-state index is 13.1. The van der Waals surface area contributed by atoms with Crippen LogP contribution in [0.25, 0.3) is 0 Å². The molecule has 3 atom stereocenters. The van der Waals surface area contributed by atoms with Gasteiger partial charge in [-0.15, -0.1) is 0 Å². The molecular formula is C25H32BrN5O3. The van der Waals surface area contributed by atoms with E-state index in [-0.39, 0.29) is 29.8 Å². The summed E-state index contributed by atoms with van der Waals surface area (Å²) in [4.78, 5) is 30.0. The van der Waals surface area contributed by atoms with Crippen molar-refractivity contribution in [1.82, 2.24) is 25.2 Å². The highest BCUT2D eigenvalue weighted by molar-refractivity contribution is 9.10. The second-order valence-electron chi connectivity index (χ2n) is 10.9. The zero-order chi connectivity index (χ0) is 24.0. The maximum Gasteiger partial charge on any atom is 0.260 e. The molecule has 34 heavy (non-hydrogen) atoms. The number of carbonyl (C=O) groups is 2. The fraction of sp³-hybridized carbons (Fsp3) is 0.600. The van der Waals surface area contributed by atoms with E-state index in [0.717, 1.165) is 53.1 Å². The second-order valence-corrected chi connectivity index (χ2v) is 11.8. The molecule has 2 aromatic rings. The van der Waals surface area contributed by atoms with Crippen molar-refractivity contribution in [2.75, 3.05) is 32.8 Å². The molecule has 0 saturated carbocycles. The van der Waals surface area contributed by atoms with Crippen molar-refractivity contribution in [2.24, 2.45) is 17.8 Å². The number of benzene rings is 1. The Morgan fingerprint density at radius 2 is 1.76 bits per heavy atom. The monoisotopic (exact) mass is 529 g/mol. The highest BCUT2D eigenvalue weighted by atomic mass is 79.9. The van der Waals surface area contributed by atoms with E-state index in [0.29, 0.717) is 31.3 Å². The Morgan fingerprint density at radius 3 is 2.47 bits per heavy atom. The third-order valence-electron chi connectivity index (χ3n) is 7.47. The summed E-state index contributed by atoms with van der Waals surface area (Å²) in [7, 11) is 0. The van der Waals surface area contributed by atoms with E-state index in [1.165, 1.54) is 0 Å². The van der Waals surface area contributed by atoms with Crippen LogP contribution in [0.4, 0.5) is 0 Å². The Balaban J connectivity index is 1.14. The molecule has 1 N–H and O–H groups in total. The van der Waals surface area contributed by atoms with Gasteiger partial charge in [0.1, 0.15) is 5.75 Å². The van der Waals surface area contributed by atoms with Crippen molar-refractivity contribution >= 4 is 27.7 Å².